The van der Waals surface area contributed by atoms with Crippen molar-refractivity contribution < 1.29 is 19.5 Å². The number of amides is 2. The molecule has 1 saturated carbocycles. The van der Waals surface area contributed by atoms with Crippen LogP contribution in [0.2, 0.25) is 0 Å². The number of carboxylic acids is 1. The van der Waals surface area contributed by atoms with Gasteiger partial charge in [0.15, 0.2) is 0 Å². The first kappa shape index (κ1) is 16.0. The maximum Gasteiger partial charge on any atom is 0.307 e. The van der Waals surface area contributed by atoms with Crippen molar-refractivity contribution >= 4 is 29.1 Å². The first-order valence-corrected chi connectivity index (χ1v) is 8.85. The summed E-state index contributed by atoms with van der Waals surface area (Å²) in [5.74, 6) is -1.84. The van der Waals surface area contributed by atoms with E-state index >= 15 is 0 Å². The molecular formula is C16H20N2O4S. The summed E-state index contributed by atoms with van der Waals surface area (Å²) in [6, 6.07) is 1.87. The van der Waals surface area contributed by atoms with Gasteiger partial charge in [-0.2, -0.15) is 11.3 Å². The largest absolute Gasteiger partial charge is 0.481 e. The van der Waals surface area contributed by atoms with Crippen molar-refractivity contribution in [1.82, 2.24) is 10.2 Å². The smallest absolute Gasteiger partial charge is 0.307 e. The first-order valence-electron chi connectivity index (χ1n) is 7.91. The molecule has 6 nitrogen and oxygen atoms in total. The van der Waals surface area contributed by atoms with E-state index < -0.39 is 11.9 Å². The third kappa shape index (κ3) is 3.39. The van der Waals surface area contributed by atoms with Gasteiger partial charge in [0.05, 0.1) is 11.8 Å². The summed E-state index contributed by atoms with van der Waals surface area (Å²) in [5.41, 5.74) is 0.673. The van der Waals surface area contributed by atoms with Crippen LogP contribution in [-0.2, 0) is 9.59 Å². The Bertz CT molecular complexity index is 593. The number of carbonyl (C=O) groups excluding carboxylic acids is 2. The number of rotatable bonds is 4. The second kappa shape index (κ2) is 6.70. The second-order valence-corrected chi connectivity index (χ2v) is 6.99. The van der Waals surface area contributed by atoms with E-state index in [1.807, 2.05) is 10.8 Å². The van der Waals surface area contributed by atoms with Gasteiger partial charge in [-0.25, -0.2) is 0 Å². The summed E-state index contributed by atoms with van der Waals surface area (Å²) in [7, 11) is 0. The van der Waals surface area contributed by atoms with Gasteiger partial charge in [-0.15, -0.1) is 0 Å². The lowest BCUT2D eigenvalue weighted by molar-refractivity contribution is -0.157. The zero-order valence-corrected chi connectivity index (χ0v) is 13.6. The Labute approximate surface area is 138 Å². The average molecular weight is 336 g/mol. The fourth-order valence-electron chi connectivity index (χ4n) is 3.23. The lowest BCUT2D eigenvalue weighted by Crippen LogP contribution is -2.51. The van der Waals surface area contributed by atoms with E-state index in [-0.39, 0.29) is 23.8 Å². The average Bonchev–Trinajstić information content (AvgIpc) is 3.00. The number of nitrogens with zero attached hydrogens (tertiary/aromatic N) is 1. The van der Waals surface area contributed by atoms with Gasteiger partial charge in [0, 0.05) is 30.1 Å². The predicted octanol–water partition coefficient (Wildman–Crippen LogP) is 1.58. The van der Waals surface area contributed by atoms with Crippen molar-refractivity contribution in [2.75, 3.05) is 13.1 Å². The Morgan fingerprint density at radius 2 is 1.83 bits per heavy atom. The first-order chi connectivity index (χ1) is 11.1. The zero-order valence-electron chi connectivity index (χ0n) is 12.7. The SMILES string of the molecule is O=C(NC1CCN(C(=O)C2CCC2C(=O)O)CC1)c1ccsc1. The van der Waals surface area contributed by atoms with E-state index in [0.29, 0.717) is 44.3 Å². The molecule has 2 unspecified atom stereocenters. The highest BCUT2D eigenvalue weighted by Gasteiger charge is 2.43. The Balaban J connectivity index is 1.48. The van der Waals surface area contributed by atoms with Crippen molar-refractivity contribution in [2.45, 2.75) is 31.7 Å². The standard InChI is InChI=1S/C16H20N2O4S/c19-14(10-5-8-23-9-10)17-11-3-6-18(7-4-11)15(20)12-1-2-13(12)16(21)22/h5,8-9,11-13H,1-4,6-7H2,(H,17,19)(H,21,22). The zero-order chi connectivity index (χ0) is 16.4. The molecule has 2 amide bonds. The van der Waals surface area contributed by atoms with E-state index in [2.05, 4.69) is 5.32 Å². The molecular weight excluding hydrogens is 316 g/mol. The fraction of sp³-hybridized carbons (Fsp3) is 0.562. The summed E-state index contributed by atoms with van der Waals surface area (Å²) in [6.45, 7) is 1.16. The minimum absolute atomic E-state index is 0.0359. The lowest BCUT2D eigenvalue weighted by Gasteiger charge is -2.39. The third-order valence-corrected chi connectivity index (χ3v) is 5.52. The molecule has 124 valence electrons. The maximum absolute atomic E-state index is 12.4. The number of piperidine rings is 1. The summed E-state index contributed by atoms with van der Waals surface area (Å²) in [4.78, 5) is 37.2. The van der Waals surface area contributed by atoms with Crippen LogP contribution in [0.25, 0.3) is 0 Å². The van der Waals surface area contributed by atoms with E-state index in [0.717, 1.165) is 0 Å². The second-order valence-electron chi connectivity index (χ2n) is 6.21. The summed E-state index contributed by atoms with van der Waals surface area (Å²) in [5, 5.41) is 15.8. The molecule has 2 heterocycles. The molecule has 1 aliphatic carbocycles. The molecule has 2 fully saturated rings. The predicted molar refractivity (Wildman–Crippen MR) is 85.2 cm³/mol. The summed E-state index contributed by atoms with van der Waals surface area (Å²) >= 11 is 1.49. The third-order valence-electron chi connectivity index (χ3n) is 4.83. The number of likely N-dealkylation sites (tertiary alicyclic amines) is 1. The molecule has 0 bridgehead atoms. The molecule has 3 rings (SSSR count). The van der Waals surface area contributed by atoms with Gasteiger partial charge in [0.1, 0.15) is 0 Å². The van der Waals surface area contributed by atoms with Gasteiger partial charge in [-0.05, 0) is 37.1 Å². The van der Waals surface area contributed by atoms with Crippen LogP contribution in [-0.4, -0.2) is 46.9 Å². The molecule has 0 aromatic carbocycles. The highest BCUT2D eigenvalue weighted by Crippen LogP contribution is 2.36. The van der Waals surface area contributed by atoms with E-state index in [1.165, 1.54) is 11.3 Å². The molecule has 2 aliphatic rings. The van der Waals surface area contributed by atoms with Crippen molar-refractivity contribution in [2.24, 2.45) is 11.8 Å². The molecule has 1 aliphatic heterocycles. The minimum atomic E-state index is -0.868. The molecule has 0 spiro atoms. The Hall–Kier alpha value is -1.89. The Morgan fingerprint density at radius 3 is 2.35 bits per heavy atom. The topological polar surface area (TPSA) is 86.7 Å². The molecule has 7 heteroatoms. The van der Waals surface area contributed by atoms with Gasteiger partial charge in [0.25, 0.3) is 5.91 Å². The van der Waals surface area contributed by atoms with Crippen LogP contribution < -0.4 is 5.32 Å². The van der Waals surface area contributed by atoms with E-state index in [4.69, 9.17) is 5.11 Å². The number of thiophene rings is 1. The fourth-order valence-corrected chi connectivity index (χ4v) is 3.87. The highest BCUT2D eigenvalue weighted by atomic mass is 32.1. The van der Waals surface area contributed by atoms with Crippen LogP contribution in [0.5, 0.6) is 0 Å². The van der Waals surface area contributed by atoms with Crippen molar-refractivity contribution in [1.29, 1.82) is 0 Å². The van der Waals surface area contributed by atoms with Gasteiger partial charge >= 0.3 is 5.97 Å². The van der Waals surface area contributed by atoms with Crippen molar-refractivity contribution in [3.05, 3.63) is 22.4 Å². The summed E-state index contributed by atoms with van der Waals surface area (Å²) < 4.78 is 0. The molecule has 2 N–H and O–H groups in total. The van der Waals surface area contributed by atoms with Crippen molar-refractivity contribution in [3.8, 4) is 0 Å². The summed E-state index contributed by atoms with van der Waals surface area (Å²) in [6.07, 6.45) is 2.70. The number of carboxylic acid groups (broad SMARTS) is 1. The van der Waals surface area contributed by atoms with Crippen LogP contribution in [0, 0.1) is 11.8 Å². The molecule has 1 aromatic rings. The normalized spacial score (nSPS) is 24.8. The van der Waals surface area contributed by atoms with Crippen LogP contribution in [0.15, 0.2) is 16.8 Å². The molecule has 1 saturated heterocycles. The van der Waals surface area contributed by atoms with Gasteiger partial charge < -0.3 is 15.3 Å². The van der Waals surface area contributed by atoms with Crippen LogP contribution in [0.3, 0.4) is 0 Å². The lowest BCUT2D eigenvalue weighted by atomic mass is 9.72. The van der Waals surface area contributed by atoms with E-state index in [1.54, 1.807) is 11.0 Å². The van der Waals surface area contributed by atoms with Gasteiger partial charge in [-0.3, -0.25) is 14.4 Å². The monoisotopic (exact) mass is 336 g/mol. The molecule has 2 atom stereocenters. The minimum Gasteiger partial charge on any atom is -0.481 e. The molecule has 23 heavy (non-hydrogen) atoms. The Kier molecular flexibility index (Phi) is 4.66. The van der Waals surface area contributed by atoms with Gasteiger partial charge in [-0.1, -0.05) is 0 Å². The number of hydrogen-bond acceptors (Lipinski definition) is 4. The number of aliphatic carboxylic acids is 1. The number of hydrogen-bond donors (Lipinski definition) is 2. The molecule has 1 aromatic heterocycles. The number of carbonyl (C=O) groups is 3. The van der Waals surface area contributed by atoms with E-state index in [9.17, 15) is 14.4 Å². The van der Waals surface area contributed by atoms with Crippen molar-refractivity contribution in [3.63, 3.8) is 0 Å². The van der Waals surface area contributed by atoms with Gasteiger partial charge in [0.2, 0.25) is 5.91 Å². The quantitative estimate of drug-likeness (QED) is 0.874. The Morgan fingerprint density at radius 1 is 1.13 bits per heavy atom. The molecule has 0 radical (unpaired) electrons. The highest BCUT2D eigenvalue weighted by molar-refractivity contribution is 7.08. The van der Waals surface area contributed by atoms with Crippen LogP contribution >= 0.6 is 11.3 Å². The maximum atomic E-state index is 12.4. The van der Waals surface area contributed by atoms with Crippen LogP contribution in [0.4, 0.5) is 0 Å². The number of nitrogens with one attached hydrogen (secondary N) is 1. The van der Waals surface area contributed by atoms with Crippen LogP contribution in [0.1, 0.15) is 36.0 Å².